The van der Waals surface area contributed by atoms with Crippen LogP contribution in [0, 0.1) is 0 Å². The number of hydrogen-bond donors (Lipinski definition) is 0. The molecule has 0 fully saturated rings. The molecular formula is C102H79BN4S2. The number of fused-ring (bicyclic) bond motifs is 16. The lowest BCUT2D eigenvalue weighted by Crippen LogP contribution is -2.61. The van der Waals surface area contributed by atoms with Gasteiger partial charge in [-0.2, -0.15) is 0 Å². The average molecular weight is 1460 g/mol. The van der Waals surface area contributed by atoms with Gasteiger partial charge in [-0.25, -0.2) is 0 Å². The summed E-state index contributed by atoms with van der Waals surface area (Å²) in [6.07, 6.45) is 0. The number of anilines is 6. The van der Waals surface area contributed by atoms with Crippen LogP contribution in [0.3, 0.4) is 0 Å². The van der Waals surface area contributed by atoms with Gasteiger partial charge >= 0.3 is 0 Å². The molecule has 0 bridgehead atoms. The lowest BCUT2D eigenvalue weighted by molar-refractivity contribution is 0.590. The number of nitrogens with zero attached hydrogens (tertiary/aromatic N) is 4. The molecule has 0 saturated heterocycles. The van der Waals surface area contributed by atoms with Crippen LogP contribution in [-0.2, 0) is 16.2 Å². The Balaban J connectivity index is 1.02. The Labute approximate surface area is 681 Å². The van der Waals surface area contributed by atoms with E-state index in [9.17, 15) is 30.2 Å². The Hall–Kier alpha value is -12.0. The van der Waals surface area contributed by atoms with Crippen LogP contribution in [0.25, 0.3) is 140 Å². The zero-order chi connectivity index (χ0) is 96.1. The molecule has 7 heteroatoms. The van der Waals surface area contributed by atoms with E-state index in [0.717, 1.165) is 33.8 Å². The van der Waals surface area contributed by atoms with E-state index >= 15 is 0 Å². The van der Waals surface area contributed by atoms with Crippen LogP contribution in [0.5, 0.6) is 0 Å². The predicted octanol–water partition coefficient (Wildman–Crippen LogP) is 27.3. The van der Waals surface area contributed by atoms with Gasteiger partial charge in [0.15, 0.2) is 0 Å². The Bertz CT molecular complexity index is 8020. The van der Waals surface area contributed by atoms with Gasteiger partial charge in [0.2, 0.25) is 0 Å². The molecule has 0 unspecified atom stereocenters. The molecule has 21 rings (SSSR count). The maximum absolute atomic E-state index is 12.0. The van der Waals surface area contributed by atoms with Crippen LogP contribution in [0.4, 0.5) is 34.1 Å². The largest absolute Gasteiger partial charge is 0.310 e. The normalized spacial score (nSPS) is 16.5. The highest BCUT2D eigenvalue weighted by Gasteiger charge is 2.47. The van der Waals surface area contributed by atoms with Crippen LogP contribution in [0.2, 0.25) is 0 Å². The van der Waals surface area contributed by atoms with Crippen LogP contribution < -0.4 is 26.2 Å². The molecule has 4 aromatic heterocycles. The number of benzene rings is 15. The van der Waals surface area contributed by atoms with Crippen LogP contribution in [0.15, 0.2) is 315 Å². The first-order valence-corrected chi connectivity index (χ1v) is 37.9. The Morgan fingerprint density at radius 1 is 0.294 bits per heavy atom. The van der Waals surface area contributed by atoms with Crippen LogP contribution in [-0.4, -0.2) is 15.8 Å². The molecule has 522 valence electrons. The van der Waals surface area contributed by atoms with E-state index in [1.54, 1.807) is 0 Å². The van der Waals surface area contributed by atoms with Crippen molar-refractivity contribution in [1.82, 2.24) is 9.13 Å². The van der Waals surface area contributed by atoms with E-state index in [2.05, 4.69) is 65.8 Å². The van der Waals surface area contributed by atoms with Crippen molar-refractivity contribution < 1.29 is 35.6 Å². The van der Waals surface area contributed by atoms with Gasteiger partial charge < -0.3 is 18.9 Å². The minimum atomic E-state index is -1.70. The fourth-order valence-electron chi connectivity index (χ4n) is 16.1. The number of hydrogen-bond acceptors (Lipinski definition) is 4. The number of rotatable bonds is 8. The Kier molecular flexibility index (Phi) is 9.73. The third kappa shape index (κ3) is 10.2. The average Bonchev–Trinajstić information content (AvgIpc) is 1.47. The maximum atomic E-state index is 12.0. The van der Waals surface area contributed by atoms with E-state index in [1.807, 2.05) is 164 Å². The van der Waals surface area contributed by atoms with Crippen molar-refractivity contribution in [1.29, 1.82) is 0 Å². The van der Waals surface area contributed by atoms with E-state index in [-0.39, 0.29) is 107 Å². The summed E-state index contributed by atoms with van der Waals surface area (Å²) in [6, 6.07) is 34.0. The molecule has 19 aromatic rings. The zero-order valence-electron chi connectivity index (χ0n) is 86.7. The topological polar surface area (TPSA) is 16.3 Å². The van der Waals surface area contributed by atoms with Crippen molar-refractivity contribution in [2.45, 2.75) is 78.6 Å². The van der Waals surface area contributed by atoms with Gasteiger partial charge in [0.25, 0.3) is 6.71 Å². The standard InChI is InChI=1S/C102H79BN4S2/c1-100(2,3)66-50-75(62-30-14-10-15-31-62)98(76(51-66)63-32-16-11-17-33-63)106-89-56-69(104-85-42-26-22-38-71(85)79-58-81-73-40-24-28-44-93(73)108-95(81)60-87(79)104)46-48-83(89)103-84-49-47-70(105-86-43-27-23-39-72(86)80-59-82-74-41-25-29-45-94(74)109-96(82)61-88(80)105)57-90(84)107(92-55-68(102(7,8)9)54-91(106)97(92)103)99-77(64-34-18-12-19-35-64)52-67(101(4,5)6)53-78(99)65-36-20-13-21-37-65/h10-61H,1-9H3/i22D,23D,24D,25D,26D,27D,28D,29D,38D,39D,40D,41D,42D,43D,44D,45D,46D,47D,48D,49D,56D,57D,58D,59D,60D,61D. The summed E-state index contributed by atoms with van der Waals surface area (Å²) in [5.41, 5.74) is 3.42. The van der Waals surface area contributed by atoms with Gasteiger partial charge in [0.05, 0.1) is 69.1 Å². The predicted molar refractivity (Wildman–Crippen MR) is 473 cm³/mol. The first-order valence-electron chi connectivity index (χ1n) is 49.2. The highest BCUT2D eigenvalue weighted by Crippen LogP contribution is 2.56. The van der Waals surface area contributed by atoms with Gasteiger partial charge in [0, 0.05) is 118 Å². The maximum Gasteiger partial charge on any atom is 0.252 e. The summed E-state index contributed by atoms with van der Waals surface area (Å²) in [5.74, 6) is 0. The Morgan fingerprint density at radius 3 is 0.982 bits per heavy atom. The summed E-state index contributed by atoms with van der Waals surface area (Å²) >= 11 is 1.57. The molecular weight excluding hydrogens is 1360 g/mol. The summed E-state index contributed by atoms with van der Waals surface area (Å²) in [5, 5.41) is -1.80. The van der Waals surface area contributed by atoms with E-state index in [0.29, 0.717) is 66.9 Å². The van der Waals surface area contributed by atoms with E-state index in [1.165, 1.54) is 9.13 Å². The first-order chi connectivity index (χ1) is 63.8. The van der Waals surface area contributed by atoms with E-state index < -0.39 is 202 Å². The monoisotopic (exact) mass is 1460 g/mol. The van der Waals surface area contributed by atoms with E-state index in [4.69, 9.17) is 5.48 Å². The smallest absolute Gasteiger partial charge is 0.252 e. The second-order valence-electron chi connectivity index (χ2n) is 31.1. The minimum absolute atomic E-state index is 0.0213. The quantitative estimate of drug-likeness (QED) is 0.141. The second-order valence-corrected chi connectivity index (χ2v) is 33.2. The molecule has 6 heterocycles. The van der Waals surface area contributed by atoms with Gasteiger partial charge in [-0.1, -0.05) is 268 Å². The van der Waals surface area contributed by atoms with Gasteiger partial charge in [-0.15, -0.1) is 22.7 Å². The number of para-hydroxylation sites is 2. The van der Waals surface area contributed by atoms with Crippen LogP contribution >= 0.6 is 22.7 Å². The third-order valence-electron chi connectivity index (χ3n) is 21.4. The fourth-order valence-corrected chi connectivity index (χ4v) is 18.0. The first kappa shape index (κ1) is 43.7. The SMILES string of the molecule is [2H]c1c([2H])c(-n2c3c([2H])c([2H])c([2H])c([2H])c3c3c([2H])c4c(sc5c([2H])c([2H])c([2H])c([2H])c54)c([2H])c32)c([2H])c2c1B1c3c(cc(C(C)(C)C)cc3N(c3c(-c4ccccc4)cc(C(C)(C)C)cc3-c3ccccc3)c3c([2H])c(-n4c5c([2H])c([2H])c([2H])c([2H])c5c5c([2H])c6c(sc7c([2H])c([2H])c([2H])c([2H])c76)c([2H])c54)c([2H])c([2H])c31)N2c1c(-c2ccccc2)cc(C(C)(C)C)cc1-c1ccccc1. The molecule has 4 nitrogen and oxygen atoms in total. The highest BCUT2D eigenvalue weighted by molar-refractivity contribution is 7.26. The molecule has 0 spiro atoms. The van der Waals surface area contributed by atoms with Crippen molar-refractivity contribution in [3.05, 3.63) is 332 Å². The molecule has 0 radical (unpaired) electrons. The number of thiophene rings is 2. The molecule has 0 saturated carbocycles. The van der Waals surface area contributed by atoms with Gasteiger partial charge in [-0.05, 0) is 180 Å². The number of aromatic nitrogens is 2. The van der Waals surface area contributed by atoms with Crippen molar-refractivity contribution >= 4 is 164 Å². The summed E-state index contributed by atoms with van der Waals surface area (Å²) in [6.45, 7) is 16.9. The molecule has 0 N–H and O–H groups in total. The lowest BCUT2D eigenvalue weighted by Gasteiger charge is -2.47. The summed E-state index contributed by atoms with van der Waals surface area (Å²) in [4.78, 5) is 3.79. The molecule has 109 heavy (non-hydrogen) atoms. The fraction of sp³-hybridized carbons (Fsp3) is 0.118. The van der Waals surface area contributed by atoms with Crippen molar-refractivity contribution in [3.8, 4) is 55.9 Å². The molecule has 0 aliphatic carbocycles. The zero-order valence-corrected chi connectivity index (χ0v) is 62.3. The Morgan fingerprint density at radius 2 is 0.624 bits per heavy atom. The summed E-state index contributed by atoms with van der Waals surface area (Å²) in [7, 11) is 0. The molecule has 2 aliphatic heterocycles. The minimum Gasteiger partial charge on any atom is -0.310 e. The van der Waals surface area contributed by atoms with Crippen molar-refractivity contribution in [3.63, 3.8) is 0 Å². The van der Waals surface area contributed by atoms with Crippen LogP contribution in [0.1, 0.15) is 115 Å². The molecule has 15 aromatic carbocycles. The summed E-state index contributed by atoms with van der Waals surface area (Å²) < 4.78 is 265. The van der Waals surface area contributed by atoms with Crippen molar-refractivity contribution in [2.24, 2.45) is 0 Å². The molecule has 0 atom stereocenters. The van der Waals surface area contributed by atoms with Gasteiger partial charge in [-0.3, -0.25) is 0 Å². The lowest BCUT2D eigenvalue weighted by atomic mass is 9.33. The molecule has 0 amide bonds. The highest BCUT2D eigenvalue weighted by atomic mass is 32.1. The van der Waals surface area contributed by atoms with Gasteiger partial charge in [0.1, 0.15) is 0 Å². The second kappa shape index (κ2) is 24.3. The van der Waals surface area contributed by atoms with Crippen molar-refractivity contribution in [2.75, 3.05) is 9.80 Å². The molecule has 2 aliphatic rings. The third-order valence-corrected chi connectivity index (χ3v) is 23.5.